The number of hydrogen-bond acceptors (Lipinski definition) is 2. The molecule has 0 spiro atoms. The normalized spacial score (nSPS) is 10.2. The van der Waals surface area contributed by atoms with Gasteiger partial charge in [-0.25, -0.2) is 0 Å². The minimum atomic E-state index is 0.176. The molecular formula is C13H17BrO2. The van der Waals surface area contributed by atoms with Gasteiger partial charge in [0.05, 0.1) is 6.61 Å². The van der Waals surface area contributed by atoms with Crippen LogP contribution in [0.3, 0.4) is 0 Å². The summed E-state index contributed by atoms with van der Waals surface area (Å²) in [6.45, 7) is 4.62. The van der Waals surface area contributed by atoms with Crippen molar-refractivity contribution >= 4 is 21.7 Å². The Labute approximate surface area is 105 Å². The summed E-state index contributed by atoms with van der Waals surface area (Å²) in [6.07, 6.45) is 1.40. The Morgan fingerprint density at radius 3 is 2.69 bits per heavy atom. The molecular weight excluding hydrogens is 268 g/mol. The van der Waals surface area contributed by atoms with Crippen LogP contribution in [0.1, 0.15) is 36.2 Å². The van der Waals surface area contributed by atoms with Crippen LogP contribution in [0.25, 0.3) is 0 Å². The highest BCUT2D eigenvalue weighted by molar-refractivity contribution is 9.09. The number of rotatable bonds is 6. The lowest BCUT2D eigenvalue weighted by Gasteiger charge is -2.09. The van der Waals surface area contributed by atoms with Crippen LogP contribution >= 0.6 is 15.9 Å². The molecule has 0 amide bonds. The number of ketones is 1. The van der Waals surface area contributed by atoms with Crippen LogP contribution in [0.4, 0.5) is 0 Å². The zero-order valence-corrected chi connectivity index (χ0v) is 11.3. The lowest BCUT2D eigenvalue weighted by Crippen LogP contribution is -2.05. The molecule has 0 aliphatic rings. The molecule has 0 atom stereocenters. The van der Waals surface area contributed by atoms with Crippen molar-refractivity contribution in [2.24, 2.45) is 0 Å². The van der Waals surface area contributed by atoms with E-state index in [0.717, 1.165) is 23.3 Å². The molecule has 0 aromatic heterocycles. The van der Waals surface area contributed by atoms with Crippen LogP contribution in [0, 0.1) is 0 Å². The number of aryl methyl sites for hydroxylation is 1. The highest BCUT2D eigenvalue weighted by Gasteiger charge is 2.11. The van der Waals surface area contributed by atoms with E-state index in [0.29, 0.717) is 18.4 Å². The fourth-order valence-corrected chi connectivity index (χ4v) is 1.96. The summed E-state index contributed by atoms with van der Waals surface area (Å²) in [4.78, 5) is 11.9. The van der Waals surface area contributed by atoms with E-state index in [1.54, 1.807) is 0 Å². The van der Waals surface area contributed by atoms with Gasteiger partial charge >= 0.3 is 0 Å². The number of alkyl halides is 1. The number of hydrogen-bond donors (Lipinski definition) is 0. The number of halogens is 1. The fraction of sp³-hybridized carbons (Fsp3) is 0.462. The quantitative estimate of drug-likeness (QED) is 0.589. The van der Waals surface area contributed by atoms with Crippen molar-refractivity contribution in [2.45, 2.75) is 26.7 Å². The molecule has 0 N–H and O–H groups in total. The zero-order chi connectivity index (χ0) is 12.0. The monoisotopic (exact) mass is 284 g/mol. The van der Waals surface area contributed by atoms with E-state index in [9.17, 15) is 4.79 Å². The van der Waals surface area contributed by atoms with Gasteiger partial charge in [0, 0.05) is 17.3 Å². The van der Waals surface area contributed by atoms with Crippen LogP contribution in [0.15, 0.2) is 18.2 Å². The first-order valence-electron chi connectivity index (χ1n) is 5.57. The molecule has 16 heavy (non-hydrogen) atoms. The van der Waals surface area contributed by atoms with Crippen LogP contribution in [0.5, 0.6) is 5.75 Å². The Morgan fingerprint density at radius 2 is 2.12 bits per heavy atom. The fourth-order valence-electron chi connectivity index (χ4n) is 1.60. The van der Waals surface area contributed by atoms with Gasteiger partial charge in [-0.1, -0.05) is 28.9 Å². The molecule has 0 aliphatic carbocycles. The van der Waals surface area contributed by atoms with Crippen LogP contribution < -0.4 is 4.74 Å². The maximum atomic E-state index is 11.9. The van der Waals surface area contributed by atoms with Crippen molar-refractivity contribution in [3.05, 3.63) is 29.3 Å². The number of benzene rings is 1. The van der Waals surface area contributed by atoms with Crippen molar-refractivity contribution in [3.8, 4) is 5.75 Å². The Hall–Kier alpha value is -0.830. The lowest BCUT2D eigenvalue weighted by atomic mass is 10.00. The Balaban J connectivity index is 3.01. The van der Waals surface area contributed by atoms with Gasteiger partial charge in [-0.05, 0) is 31.0 Å². The van der Waals surface area contributed by atoms with Gasteiger partial charge in [0.2, 0.25) is 0 Å². The Morgan fingerprint density at radius 1 is 1.38 bits per heavy atom. The molecule has 1 rings (SSSR count). The molecule has 0 heterocycles. The SMILES string of the molecule is CCOc1ccc(CC)c(C(=O)CCBr)c1. The number of ether oxygens (including phenoxy) is 1. The largest absolute Gasteiger partial charge is 0.494 e. The summed E-state index contributed by atoms with van der Waals surface area (Å²) in [5.74, 6) is 0.952. The number of carbonyl (C=O) groups excluding carboxylic acids is 1. The standard InChI is InChI=1S/C13H17BrO2/c1-3-10-5-6-11(16-4-2)9-12(10)13(15)7-8-14/h5-6,9H,3-4,7-8H2,1-2H3. The molecule has 1 aromatic carbocycles. The molecule has 1 aromatic rings. The van der Waals surface area contributed by atoms with Gasteiger partial charge in [-0.2, -0.15) is 0 Å². The molecule has 0 saturated heterocycles. The predicted octanol–water partition coefficient (Wildman–Crippen LogP) is 3.62. The lowest BCUT2D eigenvalue weighted by molar-refractivity contribution is 0.0988. The van der Waals surface area contributed by atoms with E-state index in [2.05, 4.69) is 22.9 Å². The molecule has 3 heteroatoms. The van der Waals surface area contributed by atoms with Gasteiger partial charge in [-0.3, -0.25) is 4.79 Å². The average Bonchev–Trinajstić information content (AvgIpc) is 2.30. The van der Waals surface area contributed by atoms with Crippen molar-refractivity contribution in [3.63, 3.8) is 0 Å². The second-order valence-corrected chi connectivity index (χ2v) is 4.26. The van der Waals surface area contributed by atoms with E-state index in [1.165, 1.54) is 0 Å². The zero-order valence-electron chi connectivity index (χ0n) is 9.75. The third kappa shape index (κ3) is 3.34. The molecule has 0 unspecified atom stereocenters. The predicted molar refractivity (Wildman–Crippen MR) is 69.7 cm³/mol. The molecule has 0 aliphatic heterocycles. The topological polar surface area (TPSA) is 26.3 Å². The highest BCUT2D eigenvalue weighted by atomic mass is 79.9. The number of carbonyl (C=O) groups is 1. The van der Waals surface area contributed by atoms with Gasteiger partial charge < -0.3 is 4.74 Å². The van der Waals surface area contributed by atoms with Crippen molar-refractivity contribution in [1.82, 2.24) is 0 Å². The van der Waals surface area contributed by atoms with Crippen molar-refractivity contribution in [2.75, 3.05) is 11.9 Å². The van der Waals surface area contributed by atoms with Crippen LogP contribution in [-0.4, -0.2) is 17.7 Å². The summed E-state index contributed by atoms with van der Waals surface area (Å²) >= 11 is 3.29. The third-order valence-corrected chi connectivity index (χ3v) is 2.79. The van der Waals surface area contributed by atoms with E-state index in [-0.39, 0.29) is 5.78 Å². The van der Waals surface area contributed by atoms with Gasteiger partial charge in [0.25, 0.3) is 0 Å². The van der Waals surface area contributed by atoms with E-state index in [4.69, 9.17) is 4.74 Å². The average molecular weight is 285 g/mol. The molecule has 0 saturated carbocycles. The molecule has 88 valence electrons. The van der Waals surface area contributed by atoms with E-state index < -0.39 is 0 Å². The minimum absolute atomic E-state index is 0.176. The molecule has 0 radical (unpaired) electrons. The Kier molecular flexibility index (Phi) is 5.53. The first-order valence-corrected chi connectivity index (χ1v) is 6.70. The summed E-state index contributed by atoms with van der Waals surface area (Å²) in [5, 5.41) is 0.702. The smallest absolute Gasteiger partial charge is 0.164 e. The summed E-state index contributed by atoms with van der Waals surface area (Å²) < 4.78 is 5.41. The molecule has 0 bridgehead atoms. The third-order valence-electron chi connectivity index (χ3n) is 2.40. The summed E-state index contributed by atoms with van der Waals surface area (Å²) in [6, 6.07) is 5.76. The summed E-state index contributed by atoms with van der Waals surface area (Å²) in [7, 11) is 0. The van der Waals surface area contributed by atoms with Crippen LogP contribution in [0.2, 0.25) is 0 Å². The van der Waals surface area contributed by atoms with Gasteiger partial charge in [0.1, 0.15) is 5.75 Å². The van der Waals surface area contributed by atoms with Crippen molar-refractivity contribution < 1.29 is 9.53 Å². The maximum absolute atomic E-state index is 11.9. The van der Waals surface area contributed by atoms with E-state index in [1.807, 2.05) is 25.1 Å². The second kappa shape index (κ2) is 6.69. The maximum Gasteiger partial charge on any atom is 0.164 e. The van der Waals surface area contributed by atoms with Crippen molar-refractivity contribution in [1.29, 1.82) is 0 Å². The molecule has 2 nitrogen and oxygen atoms in total. The van der Waals surface area contributed by atoms with Crippen LogP contribution in [-0.2, 0) is 6.42 Å². The first-order chi connectivity index (χ1) is 7.72. The highest BCUT2D eigenvalue weighted by Crippen LogP contribution is 2.20. The van der Waals surface area contributed by atoms with Gasteiger partial charge in [-0.15, -0.1) is 0 Å². The molecule has 0 fully saturated rings. The van der Waals surface area contributed by atoms with Gasteiger partial charge in [0.15, 0.2) is 5.78 Å². The minimum Gasteiger partial charge on any atom is -0.494 e. The second-order valence-electron chi connectivity index (χ2n) is 3.47. The number of Topliss-reactive ketones (excluding diaryl/α,β-unsaturated/α-hetero) is 1. The first kappa shape index (κ1) is 13.2. The van der Waals surface area contributed by atoms with E-state index >= 15 is 0 Å². The Bertz CT molecular complexity index is 361. The summed E-state index contributed by atoms with van der Waals surface area (Å²) in [5.41, 5.74) is 1.89.